The van der Waals surface area contributed by atoms with Crippen molar-refractivity contribution in [3.8, 4) is 0 Å². The molecule has 0 saturated heterocycles. The first kappa shape index (κ1) is 15.9. The molecule has 2 heteroatoms. The van der Waals surface area contributed by atoms with Gasteiger partial charge in [0.25, 0.3) is 0 Å². The van der Waals surface area contributed by atoms with Crippen molar-refractivity contribution in [3.05, 3.63) is 29.8 Å². The van der Waals surface area contributed by atoms with E-state index >= 15 is 0 Å². The van der Waals surface area contributed by atoms with E-state index in [4.69, 9.17) is 0 Å². The third-order valence-corrected chi connectivity index (χ3v) is 5.35. The molecule has 1 aromatic rings. The molecule has 2 rings (SSSR count). The molecule has 20 heavy (non-hydrogen) atoms. The van der Waals surface area contributed by atoms with E-state index in [9.17, 15) is 0 Å². The van der Waals surface area contributed by atoms with Crippen LogP contribution in [-0.2, 0) is 0 Å². The summed E-state index contributed by atoms with van der Waals surface area (Å²) in [5.41, 5.74) is 1.59. The first-order valence-electron chi connectivity index (χ1n) is 8.15. The van der Waals surface area contributed by atoms with Gasteiger partial charge < -0.3 is 5.32 Å². The molecule has 1 nitrogen and oxygen atoms in total. The molecule has 1 aromatic carbocycles. The molecule has 1 aliphatic heterocycles. The summed E-state index contributed by atoms with van der Waals surface area (Å²) in [4.78, 5) is 1.51. The number of nitrogens with one attached hydrogen (secondary N) is 1. The van der Waals surface area contributed by atoms with Crippen LogP contribution in [0.5, 0.6) is 0 Å². The van der Waals surface area contributed by atoms with E-state index in [0.29, 0.717) is 6.04 Å². The molecule has 0 bridgehead atoms. The molecule has 0 amide bonds. The molecule has 1 aliphatic rings. The Labute approximate surface area is 128 Å². The van der Waals surface area contributed by atoms with Crippen LogP contribution in [0.4, 0.5) is 0 Å². The molecule has 1 heterocycles. The summed E-state index contributed by atoms with van der Waals surface area (Å²) in [7, 11) is 0. The predicted octanol–water partition coefficient (Wildman–Crippen LogP) is 5.07. The second-order valence-corrected chi connectivity index (χ2v) is 7.47. The van der Waals surface area contributed by atoms with Crippen LogP contribution in [0.1, 0.15) is 57.9 Å². The van der Waals surface area contributed by atoms with Crippen LogP contribution in [-0.4, -0.2) is 18.3 Å². The Hall–Kier alpha value is -0.470. The quantitative estimate of drug-likeness (QED) is 0.717. The van der Waals surface area contributed by atoms with Gasteiger partial charge in [0.2, 0.25) is 0 Å². The number of hydrogen-bond donors (Lipinski definition) is 1. The van der Waals surface area contributed by atoms with E-state index in [1.54, 1.807) is 5.56 Å². The van der Waals surface area contributed by atoms with Crippen molar-refractivity contribution in [2.24, 2.45) is 5.92 Å². The van der Waals surface area contributed by atoms with Crippen LogP contribution in [0.3, 0.4) is 0 Å². The molecule has 112 valence electrons. The number of benzene rings is 1. The second kappa shape index (κ2) is 8.09. The minimum atomic E-state index is 0.702. The van der Waals surface area contributed by atoms with Crippen molar-refractivity contribution in [2.45, 2.75) is 63.3 Å². The fourth-order valence-corrected chi connectivity index (χ4v) is 4.39. The molecule has 0 aliphatic carbocycles. The second-order valence-electron chi connectivity index (χ2n) is 6.40. The van der Waals surface area contributed by atoms with Gasteiger partial charge in [-0.15, -0.1) is 11.8 Å². The summed E-state index contributed by atoms with van der Waals surface area (Å²) in [6.07, 6.45) is 5.19. The lowest BCUT2D eigenvalue weighted by Crippen LogP contribution is -2.31. The summed E-state index contributed by atoms with van der Waals surface area (Å²) >= 11 is 2.04. The average molecular weight is 292 g/mol. The standard InChI is InChI=1S/C18H29NS/c1-4-11-19-16(12-14(2)3)10-9-15-13-20-18-8-6-5-7-17(15)18/h5-8,14-16,19H,4,9-13H2,1-3H3. The molecule has 2 unspecified atom stereocenters. The van der Waals surface area contributed by atoms with Gasteiger partial charge >= 0.3 is 0 Å². The highest BCUT2D eigenvalue weighted by atomic mass is 32.2. The highest BCUT2D eigenvalue weighted by molar-refractivity contribution is 7.99. The van der Waals surface area contributed by atoms with Crippen molar-refractivity contribution in [1.29, 1.82) is 0 Å². The molecule has 0 radical (unpaired) electrons. The van der Waals surface area contributed by atoms with Gasteiger partial charge in [-0.05, 0) is 55.7 Å². The zero-order chi connectivity index (χ0) is 14.4. The fraction of sp³-hybridized carbons (Fsp3) is 0.667. The summed E-state index contributed by atoms with van der Waals surface area (Å²) < 4.78 is 0. The Kier molecular flexibility index (Phi) is 6.44. The highest BCUT2D eigenvalue weighted by Gasteiger charge is 2.23. The van der Waals surface area contributed by atoms with Crippen LogP contribution in [0.25, 0.3) is 0 Å². The summed E-state index contributed by atoms with van der Waals surface area (Å²) in [6.45, 7) is 8.08. The monoisotopic (exact) mass is 291 g/mol. The van der Waals surface area contributed by atoms with E-state index in [1.807, 2.05) is 11.8 Å². The predicted molar refractivity (Wildman–Crippen MR) is 90.7 cm³/mol. The van der Waals surface area contributed by atoms with Crippen LogP contribution in [0.15, 0.2) is 29.2 Å². The average Bonchev–Trinajstić information content (AvgIpc) is 2.85. The van der Waals surface area contributed by atoms with Gasteiger partial charge in [0.15, 0.2) is 0 Å². The van der Waals surface area contributed by atoms with Crippen LogP contribution < -0.4 is 5.32 Å². The Balaban J connectivity index is 1.86. The van der Waals surface area contributed by atoms with Gasteiger partial charge in [0.05, 0.1) is 0 Å². The van der Waals surface area contributed by atoms with E-state index in [0.717, 1.165) is 18.4 Å². The number of rotatable bonds is 8. The van der Waals surface area contributed by atoms with E-state index < -0.39 is 0 Å². The SMILES string of the molecule is CCCNC(CCC1CSc2ccccc21)CC(C)C. The molecular weight excluding hydrogens is 262 g/mol. The Morgan fingerprint density at radius 3 is 2.85 bits per heavy atom. The van der Waals surface area contributed by atoms with Crippen molar-refractivity contribution in [2.75, 3.05) is 12.3 Å². The summed E-state index contributed by atoms with van der Waals surface area (Å²) in [5, 5.41) is 3.74. The van der Waals surface area contributed by atoms with Gasteiger partial charge in [-0.3, -0.25) is 0 Å². The van der Waals surface area contributed by atoms with Crippen LogP contribution >= 0.6 is 11.8 Å². The number of fused-ring (bicyclic) bond motifs is 1. The van der Waals surface area contributed by atoms with Crippen LogP contribution in [0, 0.1) is 5.92 Å². The van der Waals surface area contributed by atoms with Gasteiger partial charge in [0.1, 0.15) is 0 Å². The molecule has 0 aromatic heterocycles. The lowest BCUT2D eigenvalue weighted by Gasteiger charge is -2.22. The van der Waals surface area contributed by atoms with Crippen LogP contribution in [0.2, 0.25) is 0 Å². The Morgan fingerprint density at radius 1 is 1.30 bits per heavy atom. The first-order valence-corrected chi connectivity index (χ1v) is 9.14. The zero-order valence-corrected chi connectivity index (χ0v) is 14.0. The topological polar surface area (TPSA) is 12.0 Å². The van der Waals surface area contributed by atoms with Gasteiger partial charge in [-0.25, -0.2) is 0 Å². The minimum absolute atomic E-state index is 0.702. The molecule has 0 saturated carbocycles. The van der Waals surface area contributed by atoms with Crippen molar-refractivity contribution in [1.82, 2.24) is 5.32 Å². The van der Waals surface area contributed by atoms with Crippen molar-refractivity contribution in [3.63, 3.8) is 0 Å². The zero-order valence-electron chi connectivity index (χ0n) is 13.2. The van der Waals surface area contributed by atoms with Crippen molar-refractivity contribution < 1.29 is 0 Å². The third kappa shape index (κ3) is 4.53. The maximum atomic E-state index is 3.74. The van der Waals surface area contributed by atoms with E-state index in [2.05, 4.69) is 50.4 Å². The largest absolute Gasteiger partial charge is 0.314 e. The summed E-state index contributed by atoms with van der Waals surface area (Å²) in [5.74, 6) is 2.84. The lowest BCUT2D eigenvalue weighted by molar-refractivity contribution is 0.383. The maximum absolute atomic E-state index is 3.74. The highest BCUT2D eigenvalue weighted by Crippen LogP contribution is 2.41. The van der Waals surface area contributed by atoms with Crippen molar-refractivity contribution >= 4 is 11.8 Å². The first-order chi connectivity index (χ1) is 9.70. The maximum Gasteiger partial charge on any atom is 0.0107 e. The Bertz CT molecular complexity index is 402. The van der Waals surface area contributed by atoms with E-state index in [1.165, 1.54) is 36.3 Å². The lowest BCUT2D eigenvalue weighted by atomic mass is 9.91. The number of thioether (sulfide) groups is 1. The smallest absolute Gasteiger partial charge is 0.0107 e. The normalized spacial score (nSPS) is 19.3. The molecule has 2 atom stereocenters. The van der Waals surface area contributed by atoms with Gasteiger partial charge in [0, 0.05) is 16.7 Å². The molecule has 0 spiro atoms. The molecule has 0 fully saturated rings. The van der Waals surface area contributed by atoms with E-state index in [-0.39, 0.29) is 0 Å². The molecular formula is C18H29NS. The van der Waals surface area contributed by atoms with Gasteiger partial charge in [-0.1, -0.05) is 39.0 Å². The van der Waals surface area contributed by atoms with Gasteiger partial charge in [-0.2, -0.15) is 0 Å². The minimum Gasteiger partial charge on any atom is -0.314 e. The molecule has 1 N–H and O–H groups in total. The fourth-order valence-electron chi connectivity index (χ4n) is 3.09. The Morgan fingerprint density at radius 2 is 2.10 bits per heavy atom. The number of hydrogen-bond acceptors (Lipinski definition) is 2. The summed E-state index contributed by atoms with van der Waals surface area (Å²) in [6, 6.07) is 9.67. The third-order valence-electron chi connectivity index (χ3n) is 4.10.